The van der Waals surface area contributed by atoms with E-state index in [0.717, 1.165) is 17.7 Å². The summed E-state index contributed by atoms with van der Waals surface area (Å²) in [5.74, 6) is -1.38. The Hall–Kier alpha value is -3.59. The molecule has 2 aliphatic heterocycles. The molecule has 1 fully saturated rings. The molecule has 9 heteroatoms. The van der Waals surface area contributed by atoms with Gasteiger partial charge in [-0.15, -0.1) is 0 Å². The molecule has 0 unspecified atom stereocenters. The molecule has 9 nitrogen and oxygen atoms in total. The number of nitro benzene ring substituents is 1. The van der Waals surface area contributed by atoms with Crippen molar-refractivity contribution in [3.63, 3.8) is 0 Å². The van der Waals surface area contributed by atoms with E-state index in [1.807, 2.05) is 0 Å². The standard InChI is InChI=1S/C21H19N3O6/c1-12-17(5-2-6-18(12)24(28)29)22-19(25)13-7-8-15-16(10-13)21(27)23(20(15)26)11-14-4-3-9-30-14/h2,5-8,10,14H,3-4,9,11H2,1H3,(H,22,25)/t14-/m1/s1. The highest BCUT2D eigenvalue weighted by Crippen LogP contribution is 2.28. The number of rotatable bonds is 5. The summed E-state index contributed by atoms with van der Waals surface area (Å²) < 4.78 is 5.52. The highest BCUT2D eigenvalue weighted by atomic mass is 16.6. The molecule has 1 atom stereocenters. The van der Waals surface area contributed by atoms with Crippen molar-refractivity contribution in [3.05, 3.63) is 68.8 Å². The van der Waals surface area contributed by atoms with E-state index >= 15 is 0 Å². The maximum absolute atomic E-state index is 12.7. The highest BCUT2D eigenvalue weighted by Gasteiger charge is 2.38. The van der Waals surface area contributed by atoms with E-state index in [-0.39, 0.29) is 35.0 Å². The lowest BCUT2D eigenvalue weighted by atomic mass is 10.0. The van der Waals surface area contributed by atoms with Gasteiger partial charge in [0.2, 0.25) is 0 Å². The molecule has 4 rings (SSSR count). The Labute approximate surface area is 171 Å². The minimum Gasteiger partial charge on any atom is -0.376 e. The minimum atomic E-state index is -0.528. The molecule has 1 saturated heterocycles. The van der Waals surface area contributed by atoms with Crippen molar-refractivity contribution >= 4 is 29.1 Å². The molecule has 0 saturated carbocycles. The molecule has 2 heterocycles. The van der Waals surface area contributed by atoms with Crippen LogP contribution in [-0.4, -0.2) is 46.8 Å². The number of amides is 3. The van der Waals surface area contributed by atoms with Crippen LogP contribution in [0.25, 0.3) is 0 Å². The van der Waals surface area contributed by atoms with Crippen LogP contribution in [0, 0.1) is 17.0 Å². The zero-order chi connectivity index (χ0) is 21.4. The van der Waals surface area contributed by atoms with Gasteiger partial charge in [0.05, 0.1) is 39.9 Å². The van der Waals surface area contributed by atoms with Crippen LogP contribution >= 0.6 is 0 Å². The van der Waals surface area contributed by atoms with Crippen LogP contribution in [0.15, 0.2) is 36.4 Å². The van der Waals surface area contributed by atoms with Crippen LogP contribution in [0.5, 0.6) is 0 Å². The van der Waals surface area contributed by atoms with Crippen LogP contribution < -0.4 is 5.32 Å². The second-order valence-corrected chi connectivity index (χ2v) is 7.28. The van der Waals surface area contributed by atoms with Gasteiger partial charge < -0.3 is 10.1 Å². The van der Waals surface area contributed by atoms with Gasteiger partial charge in [0, 0.05) is 18.2 Å². The maximum Gasteiger partial charge on any atom is 0.274 e. The summed E-state index contributed by atoms with van der Waals surface area (Å²) >= 11 is 0. The van der Waals surface area contributed by atoms with Gasteiger partial charge in [-0.3, -0.25) is 29.4 Å². The number of carbonyl (C=O) groups is 3. The van der Waals surface area contributed by atoms with Gasteiger partial charge in [-0.05, 0) is 44.0 Å². The molecule has 2 aromatic carbocycles. The number of ether oxygens (including phenoxy) is 1. The highest BCUT2D eigenvalue weighted by molar-refractivity contribution is 6.22. The number of nitrogens with zero attached hydrogens (tertiary/aromatic N) is 2. The largest absolute Gasteiger partial charge is 0.376 e. The van der Waals surface area contributed by atoms with Crippen molar-refractivity contribution in [1.82, 2.24) is 4.90 Å². The fourth-order valence-electron chi connectivity index (χ4n) is 3.74. The van der Waals surface area contributed by atoms with Crippen molar-refractivity contribution in [2.45, 2.75) is 25.9 Å². The molecule has 0 bridgehead atoms. The van der Waals surface area contributed by atoms with Gasteiger partial charge in [0.15, 0.2) is 0 Å². The summed E-state index contributed by atoms with van der Waals surface area (Å²) in [5, 5.41) is 13.7. The SMILES string of the molecule is Cc1c(NC(=O)c2ccc3c(c2)C(=O)N(C[C@H]2CCCO2)C3=O)cccc1[N+](=O)[O-]. The summed E-state index contributed by atoms with van der Waals surface area (Å²) in [6.07, 6.45) is 1.53. The smallest absolute Gasteiger partial charge is 0.274 e. The van der Waals surface area contributed by atoms with E-state index in [0.29, 0.717) is 17.9 Å². The van der Waals surface area contributed by atoms with Gasteiger partial charge in [-0.25, -0.2) is 0 Å². The van der Waals surface area contributed by atoms with Gasteiger partial charge in [0.25, 0.3) is 23.4 Å². The van der Waals surface area contributed by atoms with E-state index in [1.165, 1.54) is 30.3 Å². The van der Waals surface area contributed by atoms with E-state index in [2.05, 4.69) is 5.32 Å². The number of imide groups is 1. The number of nitro groups is 1. The van der Waals surface area contributed by atoms with Crippen molar-refractivity contribution in [1.29, 1.82) is 0 Å². The second kappa shape index (κ2) is 7.68. The number of fused-ring (bicyclic) bond motifs is 1. The summed E-state index contributed by atoms with van der Waals surface area (Å²) in [4.78, 5) is 49.8. The molecule has 0 aromatic heterocycles. The molecule has 0 radical (unpaired) electrons. The lowest BCUT2D eigenvalue weighted by molar-refractivity contribution is -0.385. The zero-order valence-electron chi connectivity index (χ0n) is 16.2. The molecule has 2 aliphatic rings. The Morgan fingerprint density at radius 1 is 1.23 bits per heavy atom. The summed E-state index contributed by atoms with van der Waals surface area (Å²) in [5.41, 5.74) is 1.12. The Balaban J connectivity index is 1.55. The number of hydrogen-bond acceptors (Lipinski definition) is 6. The molecular formula is C21H19N3O6. The molecule has 0 aliphatic carbocycles. The van der Waals surface area contributed by atoms with Gasteiger partial charge in [0.1, 0.15) is 0 Å². The monoisotopic (exact) mass is 409 g/mol. The molecule has 3 amide bonds. The van der Waals surface area contributed by atoms with E-state index < -0.39 is 22.6 Å². The van der Waals surface area contributed by atoms with Gasteiger partial charge in [-0.2, -0.15) is 0 Å². The molecule has 154 valence electrons. The lowest BCUT2D eigenvalue weighted by Gasteiger charge is -2.17. The third-order valence-corrected chi connectivity index (χ3v) is 5.39. The first-order chi connectivity index (χ1) is 14.4. The third kappa shape index (κ3) is 3.43. The Bertz CT molecular complexity index is 1070. The average Bonchev–Trinajstić information content (AvgIpc) is 3.32. The fourth-order valence-corrected chi connectivity index (χ4v) is 3.74. The molecule has 2 aromatic rings. The summed E-state index contributed by atoms with van der Waals surface area (Å²) in [6.45, 7) is 2.36. The zero-order valence-corrected chi connectivity index (χ0v) is 16.2. The fraction of sp³-hybridized carbons (Fsp3) is 0.286. The van der Waals surface area contributed by atoms with Crippen LogP contribution in [0.2, 0.25) is 0 Å². The molecule has 30 heavy (non-hydrogen) atoms. The lowest BCUT2D eigenvalue weighted by Crippen LogP contribution is -2.36. The molecule has 0 spiro atoms. The summed E-state index contributed by atoms with van der Waals surface area (Å²) in [7, 11) is 0. The van der Waals surface area contributed by atoms with E-state index in [9.17, 15) is 24.5 Å². The van der Waals surface area contributed by atoms with Crippen LogP contribution in [0.1, 0.15) is 49.5 Å². The Morgan fingerprint density at radius 2 is 2.00 bits per heavy atom. The second-order valence-electron chi connectivity index (χ2n) is 7.28. The first-order valence-electron chi connectivity index (χ1n) is 9.54. The Morgan fingerprint density at radius 3 is 2.70 bits per heavy atom. The number of nitrogens with one attached hydrogen (secondary N) is 1. The van der Waals surface area contributed by atoms with E-state index in [1.54, 1.807) is 13.0 Å². The summed E-state index contributed by atoms with van der Waals surface area (Å²) in [6, 6.07) is 8.70. The van der Waals surface area contributed by atoms with Gasteiger partial charge >= 0.3 is 0 Å². The van der Waals surface area contributed by atoms with Crippen LogP contribution in [-0.2, 0) is 4.74 Å². The van der Waals surface area contributed by atoms with E-state index in [4.69, 9.17) is 4.74 Å². The minimum absolute atomic E-state index is 0.104. The maximum atomic E-state index is 12.7. The first kappa shape index (κ1) is 19.7. The Kier molecular flexibility index (Phi) is 5.04. The number of carbonyl (C=O) groups excluding carboxylic acids is 3. The average molecular weight is 409 g/mol. The van der Waals surface area contributed by atoms with Crippen LogP contribution in [0.3, 0.4) is 0 Å². The molecular weight excluding hydrogens is 390 g/mol. The van der Waals surface area contributed by atoms with Gasteiger partial charge in [-0.1, -0.05) is 6.07 Å². The topological polar surface area (TPSA) is 119 Å². The van der Waals surface area contributed by atoms with Crippen molar-refractivity contribution < 1.29 is 24.0 Å². The number of hydrogen-bond donors (Lipinski definition) is 1. The predicted molar refractivity (Wildman–Crippen MR) is 107 cm³/mol. The first-order valence-corrected chi connectivity index (χ1v) is 9.54. The van der Waals surface area contributed by atoms with Crippen molar-refractivity contribution in [3.8, 4) is 0 Å². The third-order valence-electron chi connectivity index (χ3n) is 5.39. The predicted octanol–water partition coefficient (Wildman–Crippen LogP) is 2.93. The normalized spacial score (nSPS) is 17.9. The number of benzene rings is 2. The quantitative estimate of drug-likeness (QED) is 0.461. The van der Waals surface area contributed by atoms with Crippen molar-refractivity contribution in [2.75, 3.05) is 18.5 Å². The molecule has 1 N–H and O–H groups in total. The van der Waals surface area contributed by atoms with Crippen molar-refractivity contribution in [2.24, 2.45) is 0 Å². The van der Waals surface area contributed by atoms with Crippen LogP contribution in [0.4, 0.5) is 11.4 Å². The number of anilines is 1.